The molecule has 0 spiro atoms. The van der Waals surface area contributed by atoms with Crippen molar-refractivity contribution in [2.75, 3.05) is 13.2 Å². The molecule has 1 fully saturated rings. The third kappa shape index (κ3) is 2.00. The number of hydrogen-bond donors (Lipinski definition) is 0. The molecule has 1 heterocycles. The van der Waals surface area contributed by atoms with Crippen LogP contribution >= 0.6 is 0 Å². The van der Waals surface area contributed by atoms with Crippen LogP contribution < -0.4 is 0 Å². The Labute approximate surface area is 120 Å². The molecule has 0 aromatic carbocycles. The van der Waals surface area contributed by atoms with E-state index in [2.05, 4.69) is 20.9 Å². The SMILES string of the molecule is [CH3][Sn]([CH3])([CH3])[C]1=C(C2(C(F)(F)F)OCCO2)C2C=CC1C2. The first-order chi connectivity index (χ1) is 9.17. The van der Waals surface area contributed by atoms with E-state index in [-0.39, 0.29) is 25.0 Å². The van der Waals surface area contributed by atoms with Crippen molar-refractivity contribution in [3.63, 3.8) is 0 Å². The summed E-state index contributed by atoms with van der Waals surface area (Å²) in [5.41, 5.74) is 0.401. The van der Waals surface area contributed by atoms with Crippen LogP contribution in [-0.4, -0.2) is 43.6 Å². The van der Waals surface area contributed by atoms with Crippen molar-refractivity contribution in [3.8, 4) is 0 Å². The fourth-order valence-corrected chi connectivity index (χ4v) is 10.9. The van der Waals surface area contributed by atoms with Gasteiger partial charge in [-0.05, 0) is 0 Å². The molecule has 0 aromatic heterocycles. The van der Waals surface area contributed by atoms with Gasteiger partial charge in [0.1, 0.15) is 0 Å². The summed E-state index contributed by atoms with van der Waals surface area (Å²) in [4.78, 5) is 6.49. The van der Waals surface area contributed by atoms with E-state index >= 15 is 0 Å². The maximum absolute atomic E-state index is 13.7. The molecule has 6 heteroatoms. The Hall–Kier alpha value is -0.0113. The molecule has 112 valence electrons. The first-order valence-electron chi connectivity index (χ1n) is 6.95. The fraction of sp³-hybridized carbons (Fsp3) is 0.714. The predicted octanol–water partition coefficient (Wildman–Crippen LogP) is 3.67. The van der Waals surface area contributed by atoms with Crippen molar-refractivity contribution >= 4 is 18.4 Å². The first kappa shape index (κ1) is 14.9. The van der Waals surface area contributed by atoms with Crippen molar-refractivity contribution in [3.05, 3.63) is 21.3 Å². The summed E-state index contributed by atoms with van der Waals surface area (Å²) in [6.07, 6.45) is 0.229. The van der Waals surface area contributed by atoms with Gasteiger partial charge in [0.05, 0.1) is 0 Å². The zero-order valence-electron chi connectivity index (χ0n) is 11.9. The zero-order chi connectivity index (χ0) is 14.8. The topological polar surface area (TPSA) is 18.5 Å². The summed E-state index contributed by atoms with van der Waals surface area (Å²) in [6, 6.07) is 0. The second-order valence-corrected chi connectivity index (χ2v) is 21.1. The summed E-state index contributed by atoms with van der Waals surface area (Å²) in [7, 11) is 0. The van der Waals surface area contributed by atoms with Crippen LogP contribution in [0, 0.1) is 11.8 Å². The summed E-state index contributed by atoms with van der Waals surface area (Å²) >= 11 is -2.65. The van der Waals surface area contributed by atoms with Crippen LogP contribution in [-0.2, 0) is 9.47 Å². The van der Waals surface area contributed by atoms with Crippen LogP contribution in [0.5, 0.6) is 0 Å². The first-order valence-corrected chi connectivity index (χ1v) is 16.9. The quantitative estimate of drug-likeness (QED) is 0.525. The third-order valence-corrected chi connectivity index (χ3v) is 10.8. The van der Waals surface area contributed by atoms with Gasteiger partial charge in [-0.1, -0.05) is 0 Å². The maximum atomic E-state index is 13.7. The van der Waals surface area contributed by atoms with Crippen molar-refractivity contribution in [2.24, 2.45) is 11.8 Å². The van der Waals surface area contributed by atoms with E-state index in [0.717, 1.165) is 10.0 Å². The molecular weight excluding hydrogens is 376 g/mol. The molecule has 2 unspecified atom stereocenters. The summed E-state index contributed by atoms with van der Waals surface area (Å²) in [5.74, 6) is -2.46. The number of allylic oxidation sites excluding steroid dienone is 3. The second kappa shape index (κ2) is 4.49. The van der Waals surface area contributed by atoms with Gasteiger partial charge in [0, 0.05) is 0 Å². The van der Waals surface area contributed by atoms with Gasteiger partial charge in [-0.2, -0.15) is 0 Å². The molecule has 2 atom stereocenters. The van der Waals surface area contributed by atoms with E-state index in [1.165, 1.54) is 0 Å². The van der Waals surface area contributed by atoms with Crippen LogP contribution in [0.3, 0.4) is 0 Å². The van der Waals surface area contributed by atoms with E-state index in [0.29, 0.717) is 5.57 Å². The molecule has 3 rings (SSSR count). The van der Waals surface area contributed by atoms with Gasteiger partial charge < -0.3 is 0 Å². The third-order valence-electron chi connectivity index (χ3n) is 4.35. The standard InChI is InChI=1S/C11H10F3O2.3CH3.Sn/c12-11(13,14)10(15-3-4-16-10)9-6-7-1-2-8(9)5-7;;;;/h1-2,7-8H,3-5H2;3*1H3;. The number of hydrogen-bond acceptors (Lipinski definition) is 2. The summed E-state index contributed by atoms with van der Waals surface area (Å²) < 4.78 is 52.4. The summed E-state index contributed by atoms with van der Waals surface area (Å²) in [5, 5.41) is 0. The van der Waals surface area contributed by atoms with E-state index in [9.17, 15) is 13.2 Å². The second-order valence-electron chi connectivity index (χ2n) is 6.72. The van der Waals surface area contributed by atoms with Gasteiger partial charge in [0.2, 0.25) is 0 Å². The van der Waals surface area contributed by atoms with Crippen molar-refractivity contribution in [2.45, 2.75) is 33.2 Å². The monoisotopic (exact) mass is 396 g/mol. The van der Waals surface area contributed by atoms with Crippen LogP contribution in [0.2, 0.25) is 14.8 Å². The van der Waals surface area contributed by atoms with Crippen molar-refractivity contribution < 1.29 is 22.6 Å². The molecule has 0 N–H and O–H groups in total. The Morgan fingerprint density at radius 2 is 1.65 bits per heavy atom. The fourth-order valence-electron chi connectivity index (χ4n) is 3.79. The Morgan fingerprint density at radius 1 is 1.10 bits per heavy atom. The molecule has 2 aliphatic carbocycles. The molecule has 0 radical (unpaired) electrons. The number of halogens is 3. The summed E-state index contributed by atoms with van der Waals surface area (Å²) in [6.45, 7) is 0.0219. The van der Waals surface area contributed by atoms with Crippen LogP contribution in [0.1, 0.15) is 6.42 Å². The average Bonchev–Trinajstić information content (AvgIpc) is 3.01. The molecule has 20 heavy (non-hydrogen) atoms. The normalized spacial score (nSPS) is 32.5. The molecule has 3 aliphatic rings. The number of ether oxygens (including phenoxy) is 2. The Balaban J connectivity index is 2.17. The molecule has 0 aromatic rings. The van der Waals surface area contributed by atoms with Crippen molar-refractivity contribution in [1.29, 1.82) is 0 Å². The predicted molar refractivity (Wildman–Crippen MR) is 71.8 cm³/mol. The Kier molecular flexibility index (Phi) is 3.35. The average molecular weight is 395 g/mol. The zero-order valence-corrected chi connectivity index (χ0v) is 14.7. The van der Waals surface area contributed by atoms with Crippen molar-refractivity contribution in [1.82, 2.24) is 0 Å². The molecule has 1 aliphatic heterocycles. The number of alkyl halides is 3. The van der Waals surface area contributed by atoms with Gasteiger partial charge in [0.25, 0.3) is 0 Å². The Bertz CT molecular complexity index is 482. The van der Waals surface area contributed by atoms with Gasteiger partial charge in [-0.25, -0.2) is 0 Å². The van der Waals surface area contributed by atoms with Crippen LogP contribution in [0.15, 0.2) is 21.3 Å². The van der Waals surface area contributed by atoms with Gasteiger partial charge in [-0.15, -0.1) is 0 Å². The molecular formula is C14H19F3O2Sn. The van der Waals surface area contributed by atoms with Gasteiger partial charge in [-0.3, -0.25) is 0 Å². The van der Waals surface area contributed by atoms with Crippen LogP contribution in [0.4, 0.5) is 13.2 Å². The minimum absolute atomic E-state index is 0.0110. The van der Waals surface area contributed by atoms with E-state index < -0.39 is 30.3 Å². The van der Waals surface area contributed by atoms with Gasteiger partial charge in [0.15, 0.2) is 0 Å². The number of rotatable bonds is 2. The van der Waals surface area contributed by atoms with E-state index in [4.69, 9.17) is 9.47 Å². The molecule has 0 saturated carbocycles. The molecule has 2 nitrogen and oxygen atoms in total. The van der Waals surface area contributed by atoms with Crippen LogP contribution in [0.25, 0.3) is 0 Å². The Morgan fingerprint density at radius 3 is 2.15 bits per heavy atom. The minimum atomic E-state index is -4.51. The molecule has 2 bridgehead atoms. The van der Waals surface area contributed by atoms with E-state index in [1.807, 2.05) is 6.08 Å². The van der Waals surface area contributed by atoms with Gasteiger partial charge >= 0.3 is 121 Å². The number of fused-ring (bicyclic) bond motifs is 2. The molecule has 0 amide bonds. The van der Waals surface area contributed by atoms with E-state index in [1.54, 1.807) is 0 Å². The molecule has 1 saturated heterocycles.